The second-order valence-corrected chi connectivity index (χ2v) is 4.64. The van der Waals surface area contributed by atoms with Crippen molar-refractivity contribution in [1.82, 2.24) is 4.98 Å². The first-order valence-corrected chi connectivity index (χ1v) is 6.38. The van der Waals surface area contributed by atoms with Gasteiger partial charge in [0.1, 0.15) is 5.52 Å². The zero-order valence-electron chi connectivity index (χ0n) is 10.8. The molecule has 4 heteroatoms. The fourth-order valence-electron chi connectivity index (χ4n) is 2.09. The normalized spacial score (nSPS) is 10.6. The third kappa shape index (κ3) is 2.47. The van der Waals surface area contributed by atoms with E-state index in [1.54, 1.807) is 6.07 Å². The maximum Gasteiger partial charge on any atom is 0.195 e. The molecular weight excluding hydrogens is 250 g/mol. The Labute approximate surface area is 116 Å². The lowest BCUT2D eigenvalue weighted by Crippen LogP contribution is -1.91. The lowest BCUT2D eigenvalue weighted by Gasteiger charge is -1.98. The van der Waals surface area contributed by atoms with Crippen molar-refractivity contribution >= 4 is 16.8 Å². The second kappa shape index (κ2) is 5.06. The third-order valence-electron chi connectivity index (χ3n) is 3.17. The smallest absolute Gasteiger partial charge is 0.195 e. The quantitative estimate of drug-likeness (QED) is 0.737. The summed E-state index contributed by atoms with van der Waals surface area (Å²) in [4.78, 5) is 4.43. The number of oxazole rings is 1. The number of nitrogens with two attached hydrogens (primary N) is 1. The average molecular weight is 263 g/mol. The van der Waals surface area contributed by atoms with E-state index in [0.29, 0.717) is 17.1 Å². The number of anilines is 1. The van der Waals surface area contributed by atoms with E-state index in [9.17, 15) is 0 Å². The van der Waals surface area contributed by atoms with Crippen LogP contribution in [0.2, 0.25) is 0 Å². The SMILES string of the molecule is N#Cc1ccc(CCc2nc3ccc(N)cc3o2)cc1. The molecule has 0 aliphatic rings. The van der Waals surface area contributed by atoms with Gasteiger partial charge in [0.2, 0.25) is 0 Å². The summed E-state index contributed by atoms with van der Waals surface area (Å²) in [5.74, 6) is 0.704. The summed E-state index contributed by atoms with van der Waals surface area (Å²) in [6.45, 7) is 0. The summed E-state index contributed by atoms with van der Waals surface area (Å²) >= 11 is 0. The number of benzene rings is 2. The van der Waals surface area contributed by atoms with Crippen LogP contribution < -0.4 is 5.73 Å². The van der Waals surface area contributed by atoms with Crippen molar-refractivity contribution in [3.05, 3.63) is 59.5 Å². The Balaban J connectivity index is 1.74. The molecule has 0 fully saturated rings. The van der Waals surface area contributed by atoms with E-state index in [-0.39, 0.29) is 0 Å². The molecule has 3 rings (SSSR count). The first-order chi connectivity index (χ1) is 9.74. The van der Waals surface area contributed by atoms with Crippen molar-refractivity contribution in [2.45, 2.75) is 12.8 Å². The Bertz CT molecular complexity index is 782. The van der Waals surface area contributed by atoms with Gasteiger partial charge in [-0.15, -0.1) is 0 Å². The number of aryl methyl sites for hydroxylation is 2. The van der Waals surface area contributed by atoms with Crippen molar-refractivity contribution in [2.24, 2.45) is 0 Å². The Kier molecular flexibility index (Phi) is 3.10. The Hall–Kier alpha value is -2.80. The zero-order valence-corrected chi connectivity index (χ0v) is 10.8. The predicted molar refractivity (Wildman–Crippen MR) is 77.0 cm³/mol. The highest BCUT2D eigenvalue weighted by Gasteiger charge is 2.06. The van der Waals surface area contributed by atoms with Crippen LogP contribution in [-0.4, -0.2) is 4.98 Å². The van der Waals surface area contributed by atoms with Crippen molar-refractivity contribution in [3.8, 4) is 6.07 Å². The molecule has 20 heavy (non-hydrogen) atoms. The molecule has 98 valence electrons. The Morgan fingerprint density at radius 3 is 2.65 bits per heavy atom. The largest absolute Gasteiger partial charge is 0.441 e. The number of fused-ring (bicyclic) bond motifs is 1. The van der Waals surface area contributed by atoms with Gasteiger partial charge in [-0.3, -0.25) is 0 Å². The van der Waals surface area contributed by atoms with E-state index in [0.717, 1.165) is 29.5 Å². The molecule has 0 saturated heterocycles. The maximum absolute atomic E-state index is 8.75. The molecule has 2 N–H and O–H groups in total. The van der Waals surface area contributed by atoms with E-state index in [2.05, 4.69) is 11.1 Å². The molecule has 0 spiro atoms. The fraction of sp³-hybridized carbons (Fsp3) is 0.125. The average Bonchev–Trinajstić information content (AvgIpc) is 2.87. The summed E-state index contributed by atoms with van der Waals surface area (Å²) < 4.78 is 5.67. The van der Waals surface area contributed by atoms with Crippen LogP contribution in [-0.2, 0) is 12.8 Å². The van der Waals surface area contributed by atoms with Gasteiger partial charge < -0.3 is 10.2 Å². The summed E-state index contributed by atoms with van der Waals surface area (Å²) in [7, 11) is 0. The first-order valence-electron chi connectivity index (χ1n) is 6.38. The van der Waals surface area contributed by atoms with Gasteiger partial charge in [0.15, 0.2) is 11.5 Å². The minimum absolute atomic E-state index is 0.672. The van der Waals surface area contributed by atoms with Crippen LogP contribution in [0.25, 0.3) is 11.1 Å². The van der Waals surface area contributed by atoms with Gasteiger partial charge in [0.05, 0.1) is 11.6 Å². The summed E-state index contributed by atoms with van der Waals surface area (Å²) in [6.07, 6.45) is 1.55. The number of nitrogen functional groups attached to an aromatic ring is 1. The number of nitriles is 1. The number of nitrogens with zero attached hydrogens (tertiary/aromatic N) is 2. The van der Waals surface area contributed by atoms with Crippen LogP contribution in [0, 0.1) is 11.3 Å². The van der Waals surface area contributed by atoms with Crippen LogP contribution in [0.4, 0.5) is 5.69 Å². The standard InChI is InChI=1S/C16H13N3O/c17-10-12-3-1-11(2-4-12)5-8-16-19-14-7-6-13(18)9-15(14)20-16/h1-4,6-7,9H,5,8,18H2. The van der Waals surface area contributed by atoms with E-state index in [1.807, 2.05) is 36.4 Å². The van der Waals surface area contributed by atoms with Crippen molar-refractivity contribution in [3.63, 3.8) is 0 Å². The molecule has 0 aliphatic heterocycles. The van der Waals surface area contributed by atoms with E-state index < -0.39 is 0 Å². The molecule has 0 radical (unpaired) electrons. The molecule has 0 aliphatic carbocycles. The number of hydrogen-bond acceptors (Lipinski definition) is 4. The van der Waals surface area contributed by atoms with Gasteiger partial charge in [-0.1, -0.05) is 12.1 Å². The summed E-state index contributed by atoms with van der Waals surface area (Å²) in [5.41, 5.74) is 9.77. The van der Waals surface area contributed by atoms with Crippen LogP contribution in [0.1, 0.15) is 17.0 Å². The van der Waals surface area contributed by atoms with Crippen LogP contribution in [0.5, 0.6) is 0 Å². The lowest BCUT2D eigenvalue weighted by atomic mass is 10.1. The van der Waals surface area contributed by atoms with Crippen LogP contribution >= 0.6 is 0 Å². The molecule has 0 saturated carbocycles. The molecule has 1 aromatic heterocycles. The fourth-order valence-corrected chi connectivity index (χ4v) is 2.09. The molecule has 1 heterocycles. The third-order valence-corrected chi connectivity index (χ3v) is 3.17. The first kappa shape index (κ1) is 12.2. The van der Waals surface area contributed by atoms with Gasteiger partial charge in [-0.2, -0.15) is 5.26 Å². The highest BCUT2D eigenvalue weighted by atomic mass is 16.3. The molecule has 0 unspecified atom stereocenters. The molecule has 4 nitrogen and oxygen atoms in total. The lowest BCUT2D eigenvalue weighted by molar-refractivity contribution is 0.528. The van der Waals surface area contributed by atoms with Crippen molar-refractivity contribution < 1.29 is 4.42 Å². The molecular formula is C16H13N3O. The van der Waals surface area contributed by atoms with E-state index >= 15 is 0 Å². The number of rotatable bonds is 3. The zero-order chi connectivity index (χ0) is 13.9. The van der Waals surface area contributed by atoms with Gasteiger partial charge in [-0.05, 0) is 36.2 Å². The Morgan fingerprint density at radius 2 is 1.90 bits per heavy atom. The predicted octanol–water partition coefficient (Wildman–Crippen LogP) is 3.07. The minimum Gasteiger partial charge on any atom is -0.441 e. The van der Waals surface area contributed by atoms with E-state index in [4.69, 9.17) is 15.4 Å². The number of hydrogen-bond donors (Lipinski definition) is 1. The molecule has 0 atom stereocenters. The highest BCUT2D eigenvalue weighted by molar-refractivity contribution is 5.76. The summed E-state index contributed by atoms with van der Waals surface area (Å²) in [6, 6.07) is 15.1. The maximum atomic E-state index is 8.75. The molecule has 3 aromatic rings. The van der Waals surface area contributed by atoms with Gasteiger partial charge >= 0.3 is 0 Å². The van der Waals surface area contributed by atoms with Gasteiger partial charge in [0.25, 0.3) is 0 Å². The highest BCUT2D eigenvalue weighted by Crippen LogP contribution is 2.19. The molecule has 2 aromatic carbocycles. The molecule has 0 bridgehead atoms. The number of aromatic nitrogens is 1. The van der Waals surface area contributed by atoms with Gasteiger partial charge in [0, 0.05) is 18.2 Å². The van der Waals surface area contributed by atoms with Gasteiger partial charge in [-0.25, -0.2) is 4.98 Å². The van der Waals surface area contributed by atoms with Crippen molar-refractivity contribution in [2.75, 3.05) is 5.73 Å². The topological polar surface area (TPSA) is 75.8 Å². The second-order valence-electron chi connectivity index (χ2n) is 4.64. The van der Waals surface area contributed by atoms with Crippen LogP contribution in [0.15, 0.2) is 46.9 Å². The monoisotopic (exact) mass is 263 g/mol. The summed E-state index contributed by atoms with van der Waals surface area (Å²) in [5, 5.41) is 8.75. The minimum atomic E-state index is 0.672. The van der Waals surface area contributed by atoms with E-state index in [1.165, 1.54) is 0 Å². The van der Waals surface area contributed by atoms with Crippen LogP contribution in [0.3, 0.4) is 0 Å². The van der Waals surface area contributed by atoms with Crippen molar-refractivity contribution in [1.29, 1.82) is 5.26 Å². The Morgan fingerprint density at radius 1 is 1.10 bits per heavy atom. The molecule has 0 amide bonds.